The largest absolute Gasteiger partial charge is 0.468 e. The van der Waals surface area contributed by atoms with Gasteiger partial charge in [0.15, 0.2) is 0 Å². The number of esters is 1. The first-order chi connectivity index (χ1) is 11.8. The lowest BCUT2D eigenvalue weighted by Gasteiger charge is -2.24. The average molecular weight is 380 g/mol. The number of ether oxygens (including phenoxy) is 1. The molecule has 2 aromatic rings. The maximum atomic E-state index is 13.1. The van der Waals surface area contributed by atoms with Crippen LogP contribution in [0.2, 0.25) is 0 Å². The van der Waals surface area contributed by atoms with Gasteiger partial charge in [0.2, 0.25) is 0 Å². The van der Waals surface area contributed by atoms with Crippen molar-refractivity contribution in [1.82, 2.24) is 0 Å². The van der Waals surface area contributed by atoms with E-state index in [0.717, 1.165) is 20.3 Å². The van der Waals surface area contributed by atoms with E-state index in [9.17, 15) is 13.2 Å². The zero-order valence-electron chi connectivity index (χ0n) is 14.6. The number of hydrogen-bond acceptors (Lipinski definition) is 5. The number of aryl methyl sites for hydroxylation is 2. The first-order valence-electron chi connectivity index (χ1n) is 7.60. The molecule has 0 heterocycles. The first kappa shape index (κ1) is 19.3. The monoisotopic (exact) mass is 379 g/mol. The highest BCUT2D eigenvalue weighted by molar-refractivity contribution is 7.98. The second kappa shape index (κ2) is 7.93. The molecule has 0 atom stereocenters. The van der Waals surface area contributed by atoms with Crippen LogP contribution in [0, 0.1) is 13.8 Å². The summed E-state index contributed by atoms with van der Waals surface area (Å²) in [4.78, 5) is 12.9. The molecule has 0 spiro atoms. The van der Waals surface area contributed by atoms with Gasteiger partial charge in [0.25, 0.3) is 10.0 Å². The van der Waals surface area contributed by atoms with Crippen LogP contribution in [0.4, 0.5) is 5.69 Å². The van der Waals surface area contributed by atoms with E-state index in [4.69, 9.17) is 0 Å². The van der Waals surface area contributed by atoms with Crippen molar-refractivity contribution in [1.29, 1.82) is 0 Å². The van der Waals surface area contributed by atoms with E-state index in [1.165, 1.54) is 18.9 Å². The van der Waals surface area contributed by atoms with Crippen molar-refractivity contribution in [2.75, 3.05) is 24.2 Å². The zero-order chi connectivity index (χ0) is 18.6. The van der Waals surface area contributed by atoms with Gasteiger partial charge in [-0.15, -0.1) is 11.8 Å². The lowest BCUT2D eigenvalue weighted by atomic mass is 10.1. The molecule has 0 aliphatic rings. The molecule has 2 aromatic carbocycles. The van der Waals surface area contributed by atoms with Crippen molar-refractivity contribution in [3.05, 3.63) is 53.6 Å². The van der Waals surface area contributed by atoms with E-state index >= 15 is 0 Å². The van der Waals surface area contributed by atoms with Gasteiger partial charge in [0.05, 0.1) is 17.7 Å². The van der Waals surface area contributed by atoms with Crippen molar-refractivity contribution >= 4 is 33.4 Å². The Kier molecular flexibility index (Phi) is 6.13. The Morgan fingerprint density at radius 1 is 1.08 bits per heavy atom. The highest BCUT2D eigenvalue weighted by Crippen LogP contribution is 2.27. The molecule has 0 radical (unpaired) electrons. The van der Waals surface area contributed by atoms with E-state index < -0.39 is 16.0 Å². The molecule has 0 aliphatic heterocycles. The quantitative estimate of drug-likeness (QED) is 0.569. The normalized spacial score (nSPS) is 11.2. The number of thioether (sulfide) groups is 1. The van der Waals surface area contributed by atoms with Crippen LogP contribution in [-0.2, 0) is 19.6 Å². The summed E-state index contributed by atoms with van der Waals surface area (Å²) in [7, 11) is -2.66. The van der Waals surface area contributed by atoms with E-state index in [-0.39, 0.29) is 11.4 Å². The van der Waals surface area contributed by atoms with E-state index in [1.54, 1.807) is 36.4 Å². The maximum Gasteiger partial charge on any atom is 0.326 e. The lowest BCUT2D eigenvalue weighted by molar-refractivity contribution is -0.138. The smallest absolute Gasteiger partial charge is 0.326 e. The van der Waals surface area contributed by atoms with Crippen LogP contribution < -0.4 is 4.31 Å². The summed E-state index contributed by atoms with van der Waals surface area (Å²) in [6, 6.07) is 12.0. The molecule has 25 heavy (non-hydrogen) atoms. The Balaban J connectivity index is 2.54. The van der Waals surface area contributed by atoms with Crippen molar-refractivity contribution in [3.63, 3.8) is 0 Å². The maximum absolute atomic E-state index is 13.1. The fourth-order valence-electron chi connectivity index (χ4n) is 2.47. The molecule has 0 bridgehead atoms. The van der Waals surface area contributed by atoms with Gasteiger partial charge in [-0.1, -0.05) is 6.07 Å². The lowest BCUT2D eigenvalue weighted by Crippen LogP contribution is -2.36. The molecular formula is C18H21NO4S2. The van der Waals surface area contributed by atoms with Gasteiger partial charge >= 0.3 is 5.97 Å². The zero-order valence-corrected chi connectivity index (χ0v) is 16.3. The van der Waals surface area contributed by atoms with Crippen LogP contribution in [0.1, 0.15) is 11.1 Å². The van der Waals surface area contributed by atoms with Crippen LogP contribution in [0.5, 0.6) is 0 Å². The Bertz CT molecular complexity index is 841. The van der Waals surface area contributed by atoms with Gasteiger partial charge in [-0.25, -0.2) is 8.42 Å². The third kappa shape index (κ3) is 4.55. The molecule has 5 nitrogen and oxygen atoms in total. The SMILES string of the molecule is COC(=O)CN(c1cc(C)cc(C)c1)S(=O)(=O)c1ccc(SC)cc1. The van der Waals surface area contributed by atoms with E-state index in [2.05, 4.69) is 4.74 Å². The highest BCUT2D eigenvalue weighted by atomic mass is 32.2. The van der Waals surface area contributed by atoms with Gasteiger partial charge in [-0.3, -0.25) is 9.10 Å². The van der Waals surface area contributed by atoms with Crippen molar-refractivity contribution in [2.45, 2.75) is 23.6 Å². The number of sulfonamides is 1. The topological polar surface area (TPSA) is 63.7 Å². The number of benzene rings is 2. The molecule has 0 aromatic heterocycles. The third-order valence-electron chi connectivity index (χ3n) is 3.64. The van der Waals surface area contributed by atoms with Crippen LogP contribution >= 0.6 is 11.8 Å². The van der Waals surface area contributed by atoms with Crippen LogP contribution in [-0.4, -0.2) is 34.3 Å². The van der Waals surface area contributed by atoms with Crippen LogP contribution in [0.3, 0.4) is 0 Å². The molecular weight excluding hydrogens is 358 g/mol. The number of carbonyl (C=O) groups excluding carboxylic acids is 1. The minimum Gasteiger partial charge on any atom is -0.468 e. The average Bonchev–Trinajstić information content (AvgIpc) is 2.58. The Morgan fingerprint density at radius 3 is 2.12 bits per heavy atom. The molecule has 134 valence electrons. The number of nitrogens with zero attached hydrogens (tertiary/aromatic N) is 1. The second-order valence-corrected chi connectivity index (χ2v) is 8.35. The number of carbonyl (C=O) groups is 1. The fourth-order valence-corrected chi connectivity index (χ4v) is 4.27. The molecule has 0 fully saturated rings. The molecule has 0 saturated carbocycles. The highest BCUT2D eigenvalue weighted by Gasteiger charge is 2.27. The molecule has 0 N–H and O–H groups in total. The standard InChI is InChI=1S/C18H21NO4S2/c1-13-9-14(2)11-15(10-13)19(12-18(20)23-3)25(21,22)17-7-5-16(24-4)6-8-17/h5-11H,12H2,1-4H3. The summed E-state index contributed by atoms with van der Waals surface area (Å²) < 4.78 is 32.0. The van der Waals surface area contributed by atoms with Crippen LogP contribution in [0.15, 0.2) is 52.3 Å². The van der Waals surface area contributed by atoms with E-state index in [1.807, 2.05) is 26.2 Å². The van der Waals surface area contributed by atoms with E-state index in [0.29, 0.717) is 5.69 Å². The number of anilines is 1. The third-order valence-corrected chi connectivity index (χ3v) is 6.17. The summed E-state index contributed by atoms with van der Waals surface area (Å²) in [5.74, 6) is -0.622. The predicted octanol–water partition coefficient (Wildman–Crippen LogP) is 3.39. The first-order valence-corrected chi connectivity index (χ1v) is 10.3. The Morgan fingerprint density at radius 2 is 1.64 bits per heavy atom. The minimum atomic E-state index is -3.89. The molecule has 0 saturated heterocycles. The van der Waals surface area contributed by atoms with Crippen molar-refractivity contribution < 1.29 is 17.9 Å². The number of methoxy groups -OCH3 is 1. The Hall–Kier alpha value is -1.99. The minimum absolute atomic E-state index is 0.133. The molecule has 7 heteroatoms. The van der Waals surface area contributed by atoms with Gasteiger partial charge in [-0.05, 0) is 67.6 Å². The summed E-state index contributed by atoms with van der Waals surface area (Å²) in [5, 5.41) is 0. The van der Waals surface area contributed by atoms with Gasteiger partial charge in [0.1, 0.15) is 6.54 Å². The summed E-state index contributed by atoms with van der Waals surface area (Å²) in [6.45, 7) is 3.38. The molecule has 2 rings (SSSR count). The second-order valence-electron chi connectivity index (χ2n) is 5.61. The van der Waals surface area contributed by atoms with Gasteiger partial charge in [-0.2, -0.15) is 0 Å². The number of rotatable bonds is 6. The molecule has 0 amide bonds. The Labute approximate surface area is 153 Å². The summed E-state index contributed by atoms with van der Waals surface area (Å²) in [5.41, 5.74) is 2.27. The summed E-state index contributed by atoms with van der Waals surface area (Å²) >= 11 is 1.53. The number of hydrogen-bond donors (Lipinski definition) is 0. The predicted molar refractivity (Wildman–Crippen MR) is 101 cm³/mol. The van der Waals surface area contributed by atoms with Gasteiger partial charge in [0, 0.05) is 4.90 Å². The van der Waals surface area contributed by atoms with Crippen molar-refractivity contribution in [3.8, 4) is 0 Å². The van der Waals surface area contributed by atoms with Gasteiger partial charge < -0.3 is 4.74 Å². The van der Waals surface area contributed by atoms with Crippen LogP contribution in [0.25, 0.3) is 0 Å². The summed E-state index contributed by atoms with van der Waals surface area (Å²) in [6.07, 6.45) is 1.92. The molecule has 0 aliphatic carbocycles. The molecule has 0 unspecified atom stereocenters. The van der Waals surface area contributed by atoms with Crippen molar-refractivity contribution in [2.24, 2.45) is 0 Å². The fraction of sp³-hybridized carbons (Fsp3) is 0.278.